The molecule has 0 bridgehead atoms. The third kappa shape index (κ3) is 4.08. The third-order valence-electron chi connectivity index (χ3n) is 5.92. The van der Waals surface area contributed by atoms with Crippen LogP contribution in [0.25, 0.3) is 0 Å². The summed E-state index contributed by atoms with van der Waals surface area (Å²) in [5.74, 6) is 0.304. The normalized spacial score (nSPS) is 21.4. The van der Waals surface area contributed by atoms with E-state index < -0.39 is 18.2 Å². The summed E-state index contributed by atoms with van der Waals surface area (Å²) in [5.41, 5.74) is -1.08. The summed E-state index contributed by atoms with van der Waals surface area (Å²) < 4.78 is 42.4. The molecular weight excluding hydrogens is 464 g/mol. The molecule has 32 heavy (non-hydrogen) atoms. The predicted molar refractivity (Wildman–Crippen MR) is 117 cm³/mol. The number of oxime groups is 1. The zero-order valence-electron chi connectivity index (χ0n) is 17.4. The van der Waals surface area contributed by atoms with E-state index in [0.717, 1.165) is 5.56 Å². The van der Waals surface area contributed by atoms with Gasteiger partial charge in [-0.05, 0) is 29.3 Å². The van der Waals surface area contributed by atoms with E-state index in [4.69, 9.17) is 28.0 Å². The molecule has 1 unspecified atom stereocenters. The van der Waals surface area contributed by atoms with Crippen molar-refractivity contribution in [3.63, 3.8) is 0 Å². The van der Waals surface area contributed by atoms with Gasteiger partial charge >= 0.3 is 6.18 Å². The quantitative estimate of drug-likeness (QED) is 0.521. The van der Waals surface area contributed by atoms with Crippen LogP contribution in [0.4, 0.5) is 13.2 Å². The number of hydrogen-bond acceptors (Lipinski definition) is 3. The fourth-order valence-corrected chi connectivity index (χ4v) is 4.55. The molecule has 4 rings (SSSR count). The maximum Gasteiger partial charge on any atom is 0.435 e. The molecule has 2 aliphatic heterocycles. The van der Waals surface area contributed by atoms with Crippen LogP contribution in [0.15, 0.2) is 47.6 Å². The van der Waals surface area contributed by atoms with E-state index in [-0.39, 0.29) is 39.1 Å². The molecule has 2 aliphatic rings. The van der Waals surface area contributed by atoms with Gasteiger partial charge in [0.1, 0.15) is 0 Å². The molecular formula is C23H21Cl2F3N2O2. The second-order valence-electron chi connectivity index (χ2n) is 8.51. The van der Waals surface area contributed by atoms with Gasteiger partial charge in [0.05, 0.1) is 5.71 Å². The predicted octanol–water partition coefficient (Wildman–Crippen LogP) is 6.16. The number of likely N-dealkylation sites (tertiary alicyclic amines) is 1. The Morgan fingerprint density at radius 1 is 1.12 bits per heavy atom. The summed E-state index contributed by atoms with van der Waals surface area (Å²) in [4.78, 5) is 18.9. The molecule has 1 saturated heterocycles. The Labute approximate surface area is 193 Å². The Hall–Kier alpha value is -2.25. The molecule has 0 N–H and O–H groups in total. The van der Waals surface area contributed by atoms with Gasteiger partial charge in [-0.25, -0.2) is 0 Å². The van der Waals surface area contributed by atoms with Gasteiger partial charge in [0.25, 0.3) is 5.60 Å². The first-order chi connectivity index (χ1) is 15.0. The first-order valence-corrected chi connectivity index (χ1v) is 10.9. The number of nitrogens with zero attached hydrogens (tertiary/aromatic N) is 2. The highest BCUT2D eigenvalue weighted by Crippen LogP contribution is 2.49. The highest BCUT2D eigenvalue weighted by atomic mass is 35.5. The number of carbonyl (C=O) groups excluding carboxylic acids is 1. The highest BCUT2D eigenvalue weighted by molar-refractivity contribution is 6.34. The van der Waals surface area contributed by atoms with Gasteiger partial charge in [-0.1, -0.05) is 66.5 Å². The molecule has 2 heterocycles. The van der Waals surface area contributed by atoms with Gasteiger partial charge < -0.3 is 9.74 Å². The van der Waals surface area contributed by atoms with Gasteiger partial charge in [0.15, 0.2) is 0 Å². The molecule has 0 spiro atoms. The lowest BCUT2D eigenvalue weighted by Gasteiger charge is -2.40. The van der Waals surface area contributed by atoms with E-state index in [1.807, 2.05) is 30.9 Å². The van der Waals surface area contributed by atoms with Crippen LogP contribution in [-0.4, -0.2) is 35.8 Å². The van der Waals surface area contributed by atoms with Gasteiger partial charge in [-0.3, -0.25) is 4.79 Å². The Bertz CT molecular complexity index is 1040. The van der Waals surface area contributed by atoms with Crippen LogP contribution in [0, 0.1) is 5.92 Å². The molecule has 0 saturated carbocycles. The van der Waals surface area contributed by atoms with Crippen molar-refractivity contribution in [2.45, 2.75) is 38.0 Å². The van der Waals surface area contributed by atoms with E-state index in [1.165, 1.54) is 18.2 Å². The molecule has 2 aromatic carbocycles. The van der Waals surface area contributed by atoms with Gasteiger partial charge in [-0.15, -0.1) is 0 Å². The Morgan fingerprint density at radius 2 is 1.72 bits per heavy atom. The molecule has 1 amide bonds. The number of alkyl halides is 3. The molecule has 1 fully saturated rings. The SMILES string of the molecule is CC(C)C(=O)N1CC(c2ccc(C3=NOC(c4cc(Cl)cc(Cl)c4)(C(F)(F)F)C3)cc2)C1. The first kappa shape index (κ1) is 22.9. The zero-order valence-corrected chi connectivity index (χ0v) is 18.9. The van der Waals surface area contributed by atoms with Crippen LogP contribution in [-0.2, 0) is 15.2 Å². The topological polar surface area (TPSA) is 41.9 Å². The minimum atomic E-state index is -4.73. The van der Waals surface area contributed by atoms with Crippen LogP contribution >= 0.6 is 23.2 Å². The molecule has 170 valence electrons. The average molecular weight is 485 g/mol. The number of amides is 1. The van der Waals surface area contributed by atoms with Crippen molar-refractivity contribution in [2.24, 2.45) is 11.1 Å². The lowest BCUT2D eigenvalue weighted by atomic mass is 9.85. The van der Waals surface area contributed by atoms with E-state index in [9.17, 15) is 18.0 Å². The van der Waals surface area contributed by atoms with Gasteiger partial charge in [-0.2, -0.15) is 13.2 Å². The maximum absolute atomic E-state index is 14.1. The molecule has 0 aliphatic carbocycles. The monoisotopic (exact) mass is 484 g/mol. The Balaban J connectivity index is 1.51. The van der Waals surface area contributed by atoms with Crippen molar-refractivity contribution >= 4 is 34.8 Å². The number of rotatable bonds is 4. The van der Waals surface area contributed by atoms with Crippen LogP contribution in [0.5, 0.6) is 0 Å². The largest absolute Gasteiger partial charge is 0.435 e. The summed E-state index contributed by atoms with van der Waals surface area (Å²) >= 11 is 11.9. The van der Waals surface area contributed by atoms with Crippen LogP contribution in [0.2, 0.25) is 10.0 Å². The van der Waals surface area contributed by atoms with Crippen molar-refractivity contribution in [2.75, 3.05) is 13.1 Å². The highest BCUT2D eigenvalue weighted by Gasteiger charge is 2.62. The van der Waals surface area contributed by atoms with Crippen molar-refractivity contribution in [1.82, 2.24) is 4.90 Å². The van der Waals surface area contributed by atoms with Crippen LogP contribution in [0.1, 0.15) is 42.9 Å². The summed E-state index contributed by atoms with van der Waals surface area (Å²) in [5, 5.41) is 3.95. The summed E-state index contributed by atoms with van der Waals surface area (Å²) in [6.07, 6.45) is -5.23. The zero-order chi connectivity index (χ0) is 23.3. The Morgan fingerprint density at radius 3 is 2.25 bits per heavy atom. The lowest BCUT2D eigenvalue weighted by molar-refractivity contribution is -0.275. The fourth-order valence-electron chi connectivity index (χ4n) is 4.03. The van der Waals surface area contributed by atoms with Crippen molar-refractivity contribution in [1.29, 1.82) is 0 Å². The van der Waals surface area contributed by atoms with Crippen LogP contribution < -0.4 is 0 Å². The second-order valence-corrected chi connectivity index (χ2v) is 9.38. The molecule has 0 aromatic heterocycles. The number of benzene rings is 2. The maximum atomic E-state index is 14.1. The third-order valence-corrected chi connectivity index (χ3v) is 6.35. The number of hydrogen-bond donors (Lipinski definition) is 0. The fraction of sp³-hybridized carbons (Fsp3) is 0.391. The van der Waals surface area contributed by atoms with Crippen molar-refractivity contribution < 1.29 is 22.8 Å². The standard InChI is InChI=1S/C23H21Cl2F3N2O2/c1-13(2)21(31)30-11-16(12-30)14-3-5-15(6-4-14)20-10-22(32-29-20,23(26,27)28)17-7-18(24)9-19(25)8-17/h3-9,13,16H,10-12H2,1-2H3. The average Bonchev–Trinajstić information content (AvgIpc) is 3.13. The Kier molecular flexibility index (Phi) is 5.92. The molecule has 9 heteroatoms. The molecule has 1 atom stereocenters. The van der Waals surface area contributed by atoms with Crippen molar-refractivity contribution in [3.8, 4) is 0 Å². The molecule has 0 radical (unpaired) electrons. The molecule has 4 nitrogen and oxygen atoms in total. The lowest BCUT2D eigenvalue weighted by Crippen LogP contribution is -2.49. The first-order valence-electron chi connectivity index (χ1n) is 10.2. The van der Waals surface area contributed by atoms with Crippen molar-refractivity contribution in [3.05, 3.63) is 69.2 Å². The smallest absolute Gasteiger partial charge is 0.374 e. The van der Waals surface area contributed by atoms with E-state index in [1.54, 1.807) is 12.1 Å². The minimum absolute atomic E-state index is 0.0398. The summed E-state index contributed by atoms with van der Waals surface area (Å²) in [6.45, 7) is 5.03. The number of carbonyl (C=O) groups is 1. The minimum Gasteiger partial charge on any atom is -0.374 e. The van der Waals surface area contributed by atoms with E-state index in [0.29, 0.717) is 18.7 Å². The summed E-state index contributed by atoms with van der Waals surface area (Å²) in [7, 11) is 0. The van der Waals surface area contributed by atoms with Crippen LogP contribution in [0.3, 0.4) is 0 Å². The number of halogens is 5. The van der Waals surface area contributed by atoms with Gasteiger partial charge in [0, 0.05) is 47.0 Å². The molecule has 2 aromatic rings. The van der Waals surface area contributed by atoms with E-state index in [2.05, 4.69) is 5.16 Å². The van der Waals surface area contributed by atoms with Gasteiger partial charge in [0.2, 0.25) is 5.91 Å². The second kappa shape index (κ2) is 8.27. The van der Waals surface area contributed by atoms with E-state index >= 15 is 0 Å². The summed E-state index contributed by atoms with van der Waals surface area (Å²) in [6, 6.07) is 11.0.